The lowest BCUT2D eigenvalue weighted by molar-refractivity contribution is -0.133. The van der Waals surface area contributed by atoms with Crippen LogP contribution in [0.1, 0.15) is 59.7 Å². The summed E-state index contributed by atoms with van der Waals surface area (Å²) in [5.74, 6) is 0. The quantitative estimate of drug-likeness (QED) is 0.904. The Balaban J connectivity index is 2.60. The first-order chi connectivity index (χ1) is 8.50. The third-order valence-electron chi connectivity index (χ3n) is 3.84. The van der Waals surface area contributed by atoms with E-state index < -0.39 is 11.2 Å². The van der Waals surface area contributed by atoms with Gasteiger partial charge in [0.2, 0.25) is 0 Å². The molecule has 1 N–H and O–H groups in total. The molecule has 0 radical (unpaired) electrons. The van der Waals surface area contributed by atoms with Gasteiger partial charge in [-0.1, -0.05) is 0 Å². The van der Waals surface area contributed by atoms with E-state index in [2.05, 4.69) is 34.9 Å². The Morgan fingerprint density at radius 1 is 1.37 bits per heavy atom. The maximum absolute atomic E-state index is 11.3. The van der Waals surface area contributed by atoms with Gasteiger partial charge in [0, 0.05) is 12.5 Å². The van der Waals surface area contributed by atoms with Crippen molar-refractivity contribution < 1.29 is 9.84 Å². The fourth-order valence-corrected chi connectivity index (χ4v) is 3.73. The lowest BCUT2D eigenvalue weighted by Gasteiger charge is -2.36. The molecule has 4 nitrogen and oxygen atoms in total. The van der Waals surface area contributed by atoms with Crippen molar-refractivity contribution in [1.82, 2.24) is 9.78 Å². The van der Waals surface area contributed by atoms with E-state index in [1.807, 2.05) is 32.4 Å². The average Bonchev–Trinajstić information content (AvgIpc) is 2.63. The van der Waals surface area contributed by atoms with Gasteiger partial charge >= 0.3 is 0 Å². The predicted molar refractivity (Wildman–Crippen MR) is 78.1 cm³/mol. The van der Waals surface area contributed by atoms with E-state index in [-0.39, 0.29) is 11.6 Å². The molecule has 0 aromatic carbocycles. The summed E-state index contributed by atoms with van der Waals surface area (Å²) in [5, 5.41) is 15.7. The van der Waals surface area contributed by atoms with Crippen LogP contribution in [0.25, 0.3) is 0 Å². The van der Waals surface area contributed by atoms with Crippen molar-refractivity contribution in [3.63, 3.8) is 0 Å². The first kappa shape index (κ1) is 15.0. The molecule has 1 aromatic heterocycles. The molecule has 19 heavy (non-hydrogen) atoms. The zero-order chi connectivity index (χ0) is 14.6. The Hall–Kier alpha value is -0.390. The van der Waals surface area contributed by atoms with Crippen molar-refractivity contribution in [3.8, 4) is 0 Å². The molecule has 0 saturated carbocycles. The van der Waals surface area contributed by atoms with Gasteiger partial charge in [-0.2, -0.15) is 5.10 Å². The highest BCUT2D eigenvalue weighted by Gasteiger charge is 2.59. The molecule has 1 aromatic rings. The Morgan fingerprint density at radius 2 is 1.95 bits per heavy atom. The Morgan fingerprint density at radius 3 is 2.37 bits per heavy atom. The van der Waals surface area contributed by atoms with Gasteiger partial charge < -0.3 is 9.84 Å². The number of rotatable bonds is 2. The average molecular weight is 331 g/mol. The highest BCUT2D eigenvalue weighted by molar-refractivity contribution is 9.10. The SMILES string of the molecule is CC(C)n1ncc(Br)c1C1(O)CC(C)(C)OC1(C)C. The second kappa shape index (κ2) is 4.30. The molecule has 0 spiro atoms. The molecule has 1 aliphatic rings. The van der Waals surface area contributed by atoms with Crippen LogP contribution in [-0.4, -0.2) is 26.1 Å². The van der Waals surface area contributed by atoms with Gasteiger partial charge in [-0.05, 0) is 57.5 Å². The largest absolute Gasteiger partial charge is 0.380 e. The summed E-state index contributed by atoms with van der Waals surface area (Å²) in [6, 6.07) is 0.185. The van der Waals surface area contributed by atoms with Crippen molar-refractivity contribution in [3.05, 3.63) is 16.4 Å². The maximum Gasteiger partial charge on any atom is 0.138 e. The number of aromatic nitrogens is 2. The minimum absolute atomic E-state index is 0.185. The Kier molecular flexibility index (Phi) is 3.40. The number of hydrogen-bond donors (Lipinski definition) is 1. The smallest absolute Gasteiger partial charge is 0.138 e. The molecule has 1 aliphatic heterocycles. The van der Waals surface area contributed by atoms with Gasteiger partial charge in [0.25, 0.3) is 0 Å². The normalized spacial score (nSPS) is 29.1. The third kappa shape index (κ3) is 2.26. The van der Waals surface area contributed by atoms with Crippen molar-refractivity contribution in [2.75, 3.05) is 0 Å². The molecule has 0 amide bonds. The highest BCUT2D eigenvalue weighted by Crippen LogP contribution is 2.52. The minimum Gasteiger partial charge on any atom is -0.380 e. The predicted octanol–water partition coefficient (Wildman–Crippen LogP) is 3.39. The van der Waals surface area contributed by atoms with Gasteiger partial charge in [-0.25, -0.2) is 0 Å². The summed E-state index contributed by atoms with van der Waals surface area (Å²) < 4.78 is 8.76. The van der Waals surface area contributed by atoms with Crippen LogP contribution in [0.15, 0.2) is 10.7 Å². The number of hydrogen-bond acceptors (Lipinski definition) is 3. The molecule has 5 heteroatoms. The Bertz CT molecular complexity index is 494. The van der Waals surface area contributed by atoms with Crippen LogP contribution < -0.4 is 0 Å². The van der Waals surface area contributed by atoms with E-state index in [4.69, 9.17) is 4.74 Å². The molecular formula is C14H23BrN2O2. The first-order valence-electron chi connectivity index (χ1n) is 6.66. The zero-order valence-electron chi connectivity index (χ0n) is 12.5. The summed E-state index contributed by atoms with van der Waals surface area (Å²) in [7, 11) is 0. The van der Waals surface area contributed by atoms with Gasteiger partial charge in [0.1, 0.15) is 5.60 Å². The van der Waals surface area contributed by atoms with Crippen LogP contribution in [0.4, 0.5) is 0 Å². The van der Waals surface area contributed by atoms with Crippen molar-refractivity contribution in [2.24, 2.45) is 0 Å². The van der Waals surface area contributed by atoms with Crippen LogP contribution in [0.3, 0.4) is 0 Å². The zero-order valence-corrected chi connectivity index (χ0v) is 14.1. The molecule has 0 bridgehead atoms. The van der Waals surface area contributed by atoms with E-state index in [1.165, 1.54) is 0 Å². The van der Waals surface area contributed by atoms with Crippen LogP contribution in [0.5, 0.6) is 0 Å². The number of nitrogens with zero attached hydrogens (tertiary/aromatic N) is 2. The van der Waals surface area contributed by atoms with Crippen LogP contribution in [0.2, 0.25) is 0 Å². The second-order valence-corrected chi connectivity index (χ2v) is 7.64. The number of aliphatic hydroxyl groups is 1. The first-order valence-corrected chi connectivity index (χ1v) is 7.45. The summed E-state index contributed by atoms with van der Waals surface area (Å²) in [5.41, 5.74) is -1.27. The van der Waals surface area contributed by atoms with Gasteiger partial charge in [0.15, 0.2) is 0 Å². The molecule has 2 rings (SSSR count). The maximum atomic E-state index is 11.3. The number of halogens is 1. The summed E-state index contributed by atoms with van der Waals surface area (Å²) in [6.07, 6.45) is 2.29. The number of ether oxygens (including phenoxy) is 1. The lowest BCUT2D eigenvalue weighted by atomic mass is 9.79. The molecule has 1 fully saturated rings. The van der Waals surface area contributed by atoms with E-state index in [1.54, 1.807) is 6.20 Å². The Labute approximate surface area is 123 Å². The fraction of sp³-hybridized carbons (Fsp3) is 0.786. The summed E-state index contributed by atoms with van der Waals surface area (Å²) >= 11 is 3.52. The molecule has 1 saturated heterocycles. The van der Waals surface area contributed by atoms with E-state index in [0.717, 1.165) is 10.2 Å². The topological polar surface area (TPSA) is 47.3 Å². The van der Waals surface area contributed by atoms with E-state index in [0.29, 0.717) is 6.42 Å². The van der Waals surface area contributed by atoms with Crippen LogP contribution in [0, 0.1) is 0 Å². The minimum atomic E-state index is -1.06. The summed E-state index contributed by atoms with van der Waals surface area (Å²) in [4.78, 5) is 0. The lowest BCUT2D eigenvalue weighted by Crippen LogP contribution is -2.45. The van der Waals surface area contributed by atoms with Crippen LogP contribution in [-0.2, 0) is 10.3 Å². The summed E-state index contributed by atoms with van der Waals surface area (Å²) in [6.45, 7) is 12.0. The van der Waals surface area contributed by atoms with Crippen molar-refractivity contribution in [1.29, 1.82) is 0 Å². The standard InChI is InChI=1S/C14H23BrN2O2/c1-9(2)17-11(10(15)7-16-17)14(18)8-12(3,4)19-13(14,5)6/h7,9,18H,8H2,1-6H3. The van der Waals surface area contributed by atoms with Gasteiger partial charge in [0.05, 0.1) is 27.6 Å². The van der Waals surface area contributed by atoms with Crippen molar-refractivity contribution in [2.45, 2.75) is 70.8 Å². The molecule has 1 unspecified atom stereocenters. The van der Waals surface area contributed by atoms with Crippen molar-refractivity contribution >= 4 is 15.9 Å². The molecule has 2 heterocycles. The molecule has 0 aliphatic carbocycles. The van der Waals surface area contributed by atoms with Crippen LogP contribution >= 0.6 is 15.9 Å². The molecular weight excluding hydrogens is 308 g/mol. The monoisotopic (exact) mass is 330 g/mol. The third-order valence-corrected chi connectivity index (χ3v) is 4.42. The highest BCUT2D eigenvalue weighted by atomic mass is 79.9. The van der Waals surface area contributed by atoms with Gasteiger partial charge in [-0.15, -0.1) is 0 Å². The van der Waals surface area contributed by atoms with E-state index in [9.17, 15) is 5.11 Å². The second-order valence-electron chi connectivity index (χ2n) is 6.79. The molecule has 108 valence electrons. The fourth-order valence-electron chi connectivity index (χ4n) is 3.13. The molecule has 1 atom stereocenters. The van der Waals surface area contributed by atoms with E-state index >= 15 is 0 Å². The van der Waals surface area contributed by atoms with Gasteiger partial charge in [-0.3, -0.25) is 4.68 Å².